The molecule has 138 valence electrons. The van der Waals surface area contributed by atoms with Crippen LogP contribution in [-0.4, -0.2) is 17.2 Å². The quantitative estimate of drug-likeness (QED) is 0.532. The summed E-state index contributed by atoms with van der Waals surface area (Å²) in [4.78, 5) is 1.29. The molecule has 0 bridgehead atoms. The summed E-state index contributed by atoms with van der Waals surface area (Å²) in [5.41, 5.74) is 1.16. The highest BCUT2D eigenvalue weighted by molar-refractivity contribution is 7.10. The van der Waals surface area contributed by atoms with Gasteiger partial charge in [0.15, 0.2) is 0 Å². The van der Waals surface area contributed by atoms with Gasteiger partial charge in [0.25, 0.3) is 0 Å². The van der Waals surface area contributed by atoms with Crippen LogP contribution < -0.4 is 9.88 Å². The molecule has 1 N–H and O–H groups in total. The van der Waals surface area contributed by atoms with Gasteiger partial charge >= 0.3 is 0 Å². The summed E-state index contributed by atoms with van der Waals surface area (Å²) < 4.78 is 10.7. The molecule has 0 radical (unpaired) electrons. The van der Waals surface area contributed by atoms with E-state index in [4.69, 9.17) is 4.74 Å². The van der Waals surface area contributed by atoms with Gasteiger partial charge in [0, 0.05) is 10.6 Å². The zero-order valence-corrected chi connectivity index (χ0v) is 16.4. The standard InChI is InChI=1S/C21H28N3OS/c1-3-18(2)25-20(21-10-7-15-26-21)16-24-14-13-23(17-24)12-11-22-19-8-5-4-6-9-19/h4-10,13-15,17-18,20,22H,3,11-12,16H2,1-2H3/q+1. The first-order valence-electron chi connectivity index (χ1n) is 9.27. The average Bonchev–Trinajstić information content (AvgIpc) is 3.34. The summed E-state index contributed by atoms with van der Waals surface area (Å²) >= 11 is 1.77. The number of hydrogen-bond donors (Lipinski definition) is 1. The molecule has 3 rings (SSSR count). The maximum Gasteiger partial charge on any atom is 0.243 e. The monoisotopic (exact) mass is 370 g/mol. The van der Waals surface area contributed by atoms with Crippen LogP contribution in [0.5, 0.6) is 0 Å². The first-order chi connectivity index (χ1) is 12.7. The van der Waals surface area contributed by atoms with Gasteiger partial charge in [-0.25, -0.2) is 9.13 Å². The first-order valence-corrected chi connectivity index (χ1v) is 10.1. The van der Waals surface area contributed by atoms with Crippen molar-refractivity contribution < 1.29 is 9.30 Å². The van der Waals surface area contributed by atoms with Crippen LogP contribution in [0.4, 0.5) is 5.69 Å². The van der Waals surface area contributed by atoms with Gasteiger partial charge in [-0.3, -0.25) is 0 Å². The van der Waals surface area contributed by atoms with Gasteiger partial charge < -0.3 is 10.1 Å². The predicted molar refractivity (Wildman–Crippen MR) is 107 cm³/mol. The minimum absolute atomic E-state index is 0.105. The van der Waals surface area contributed by atoms with Gasteiger partial charge in [0.05, 0.1) is 12.6 Å². The molecule has 2 aromatic heterocycles. The van der Waals surface area contributed by atoms with E-state index in [1.807, 2.05) is 18.2 Å². The Balaban J connectivity index is 1.55. The molecular weight excluding hydrogens is 342 g/mol. The van der Waals surface area contributed by atoms with Crippen molar-refractivity contribution in [1.82, 2.24) is 4.57 Å². The maximum atomic E-state index is 6.26. The molecule has 3 aromatic rings. The molecule has 1 aromatic carbocycles. The van der Waals surface area contributed by atoms with Crippen molar-refractivity contribution in [2.75, 3.05) is 11.9 Å². The van der Waals surface area contributed by atoms with Crippen molar-refractivity contribution in [2.24, 2.45) is 0 Å². The Kier molecular flexibility index (Phi) is 6.86. The van der Waals surface area contributed by atoms with Crippen LogP contribution in [0, 0.1) is 0 Å². The van der Waals surface area contributed by atoms with Crippen molar-refractivity contribution in [1.29, 1.82) is 0 Å². The lowest BCUT2D eigenvalue weighted by Crippen LogP contribution is -2.36. The van der Waals surface area contributed by atoms with E-state index in [0.717, 1.165) is 31.7 Å². The molecule has 0 aliphatic carbocycles. The van der Waals surface area contributed by atoms with Crippen LogP contribution in [0.15, 0.2) is 66.6 Å². The van der Waals surface area contributed by atoms with E-state index in [0.29, 0.717) is 0 Å². The summed E-state index contributed by atoms with van der Waals surface area (Å²) in [5, 5.41) is 5.56. The number of thiophene rings is 1. The second kappa shape index (κ2) is 9.55. The van der Waals surface area contributed by atoms with E-state index in [1.54, 1.807) is 11.3 Å². The largest absolute Gasteiger partial charge is 0.381 e. The molecule has 2 atom stereocenters. The van der Waals surface area contributed by atoms with Crippen LogP contribution in [0.2, 0.25) is 0 Å². The number of hydrogen-bond acceptors (Lipinski definition) is 3. The molecule has 4 nitrogen and oxygen atoms in total. The van der Waals surface area contributed by atoms with E-state index in [1.165, 1.54) is 4.88 Å². The molecule has 2 unspecified atom stereocenters. The Hall–Kier alpha value is -2.11. The Bertz CT molecular complexity index is 755. The number of aromatic nitrogens is 2. The molecule has 26 heavy (non-hydrogen) atoms. The molecule has 0 fully saturated rings. The van der Waals surface area contributed by atoms with E-state index in [-0.39, 0.29) is 12.2 Å². The summed E-state index contributed by atoms with van der Waals surface area (Å²) in [5.74, 6) is 0. The lowest BCUT2D eigenvalue weighted by atomic mass is 10.2. The Labute approximate surface area is 160 Å². The average molecular weight is 371 g/mol. The van der Waals surface area contributed by atoms with Gasteiger partial charge in [-0.1, -0.05) is 31.2 Å². The third kappa shape index (κ3) is 5.44. The van der Waals surface area contributed by atoms with Crippen molar-refractivity contribution in [3.63, 3.8) is 0 Å². The van der Waals surface area contributed by atoms with Gasteiger partial charge in [-0.2, -0.15) is 0 Å². The minimum atomic E-state index is 0.105. The molecule has 0 saturated carbocycles. The van der Waals surface area contributed by atoms with E-state index >= 15 is 0 Å². The first kappa shape index (κ1) is 18.7. The predicted octanol–water partition coefficient (Wildman–Crippen LogP) is 4.51. The summed E-state index contributed by atoms with van der Waals surface area (Å²) in [6, 6.07) is 14.6. The molecular formula is C21H28N3OS+. The third-order valence-corrected chi connectivity index (χ3v) is 5.39. The number of benzene rings is 1. The summed E-state index contributed by atoms with van der Waals surface area (Å²) in [6.07, 6.45) is 7.81. The lowest BCUT2D eigenvalue weighted by Gasteiger charge is -2.19. The van der Waals surface area contributed by atoms with Gasteiger partial charge in [0.2, 0.25) is 6.33 Å². The molecule has 5 heteroatoms. The third-order valence-electron chi connectivity index (χ3n) is 4.43. The smallest absolute Gasteiger partial charge is 0.243 e. The number of imidazole rings is 1. The van der Waals surface area contributed by atoms with E-state index in [2.05, 4.69) is 76.7 Å². The fraction of sp³-hybridized carbons (Fsp3) is 0.381. The fourth-order valence-corrected chi connectivity index (χ4v) is 3.56. The molecule has 0 spiro atoms. The zero-order chi connectivity index (χ0) is 18.2. The Morgan fingerprint density at radius 1 is 1.19 bits per heavy atom. The number of anilines is 1. The topological polar surface area (TPSA) is 30.1 Å². The number of para-hydroxylation sites is 1. The zero-order valence-electron chi connectivity index (χ0n) is 15.5. The molecule has 2 heterocycles. The number of rotatable bonds is 10. The second-order valence-corrected chi connectivity index (χ2v) is 7.48. The Morgan fingerprint density at radius 2 is 2.04 bits per heavy atom. The number of ether oxygens (including phenoxy) is 1. The van der Waals surface area contributed by atoms with Crippen molar-refractivity contribution >= 4 is 17.0 Å². The van der Waals surface area contributed by atoms with Crippen LogP contribution in [-0.2, 0) is 17.8 Å². The van der Waals surface area contributed by atoms with Crippen LogP contribution in [0.3, 0.4) is 0 Å². The highest BCUT2D eigenvalue weighted by atomic mass is 32.1. The molecule has 0 amide bonds. The number of nitrogens with zero attached hydrogens (tertiary/aromatic N) is 2. The second-order valence-electron chi connectivity index (χ2n) is 6.50. The summed E-state index contributed by atoms with van der Waals surface area (Å²) in [7, 11) is 0. The number of nitrogens with one attached hydrogen (secondary N) is 1. The fourth-order valence-electron chi connectivity index (χ4n) is 2.81. The van der Waals surface area contributed by atoms with Crippen molar-refractivity contribution in [2.45, 2.75) is 45.6 Å². The molecule has 0 aliphatic rings. The highest BCUT2D eigenvalue weighted by Crippen LogP contribution is 2.24. The van der Waals surface area contributed by atoms with Crippen molar-refractivity contribution in [3.05, 3.63) is 71.4 Å². The van der Waals surface area contributed by atoms with Crippen molar-refractivity contribution in [3.8, 4) is 0 Å². The Morgan fingerprint density at radius 3 is 2.77 bits per heavy atom. The van der Waals surface area contributed by atoms with Crippen LogP contribution in [0.1, 0.15) is 31.2 Å². The molecule has 0 aliphatic heterocycles. The molecule has 0 saturated heterocycles. The van der Waals surface area contributed by atoms with Crippen LogP contribution in [0.25, 0.3) is 0 Å². The van der Waals surface area contributed by atoms with E-state index < -0.39 is 0 Å². The highest BCUT2D eigenvalue weighted by Gasteiger charge is 2.19. The van der Waals surface area contributed by atoms with Gasteiger partial charge in [-0.05, 0) is 36.9 Å². The SMILES string of the molecule is CCC(C)OC(C[n+]1ccn(CCNc2ccccc2)c1)c1cccs1. The maximum absolute atomic E-state index is 6.26. The van der Waals surface area contributed by atoms with Crippen LogP contribution >= 0.6 is 11.3 Å². The normalized spacial score (nSPS) is 13.5. The van der Waals surface area contributed by atoms with E-state index in [9.17, 15) is 0 Å². The van der Waals surface area contributed by atoms with Gasteiger partial charge in [0.1, 0.15) is 31.6 Å². The summed E-state index contributed by atoms with van der Waals surface area (Å²) in [6.45, 7) is 6.98. The minimum Gasteiger partial charge on any atom is -0.381 e. The van der Waals surface area contributed by atoms with Gasteiger partial charge in [-0.15, -0.1) is 11.3 Å². The lowest BCUT2D eigenvalue weighted by molar-refractivity contribution is -0.705.